The first kappa shape index (κ1) is 19.0. The highest BCUT2D eigenvalue weighted by Gasteiger charge is 2.25. The Morgan fingerprint density at radius 2 is 1.90 bits per heavy atom. The molecule has 1 aliphatic rings. The quantitative estimate of drug-likeness (QED) is 0.503. The Bertz CT molecular complexity index is 1270. The van der Waals surface area contributed by atoms with E-state index < -0.39 is 5.91 Å². The minimum Gasteiger partial charge on any atom is -0.352 e. The van der Waals surface area contributed by atoms with Gasteiger partial charge in [-0.3, -0.25) is 14.3 Å². The summed E-state index contributed by atoms with van der Waals surface area (Å²) in [6.07, 6.45) is 5.38. The Labute approximate surface area is 178 Å². The van der Waals surface area contributed by atoms with Crippen molar-refractivity contribution in [1.29, 1.82) is 0 Å². The minimum atomic E-state index is -0.417. The van der Waals surface area contributed by atoms with Crippen LogP contribution in [0.25, 0.3) is 17.0 Å². The van der Waals surface area contributed by atoms with Crippen LogP contribution in [0.4, 0.5) is 5.69 Å². The third-order valence-electron chi connectivity index (χ3n) is 5.27. The molecule has 4 aromatic rings. The first-order chi connectivity index (χ1) is 15.1. The van der Waals surface area contributed by atoms with Crippen LogP contribution in [0.15, 0.2) is 54.9 Å². The lowest BCUT2D eigenvalue weighted by Gasteiger charge is -2.08. The number of anilines is 1. The molecule has 0 radical (unpaired) electrons. The number of aromatic nitrogens is 5. The zero-order valence-corrected chi connectivity index (χ0v) is 16.9. The van der Waals surface area contributed by atoms with Crippen LogP contribution in [0, 0.1) is 5.92 Å². The van der Waals surface area contributed by atoms with Gasteiger partial charge in [0.1, 0.15) is 5.69 Å². The molecule has 0 aliphatic heterocycles. The molecule has 1 saturated carbocycles. The molecule has 5 rings (SSSR count). The molecular weight excluding hydrogens is 394 g/mol. The lowest BCUT2D eigenvalue weighted by atomic mass is 10.2. The molecule has 2 N–H and O–H groups in total. The highest BCUT2D eigenvalue weighted by Crippen LogP contribution is 2.27. The average molecular weight is 415 g/mol. The van der Waals surface area contributed by atoms with Crippen LogP contribution in [-0.2, 0) is 7.05 Å². The first-order valence-electron chi connectivity index (χ1n) is 10.1. The van der Waals surface area contributed by atoms with Gasteiger partial charge in [0.15, 0.2) is 11.5 Å². The van der Waals surface area contributed by atoms with Crippen molar-refractivity contribution in [2.45, 2.75) is 12.8 Å². The fourth-order valence-corrected chi connectivity index (χ4v) is 3.38. The standard InChI is InChI=1S/C22H21N7O2/c1-28-19(17(12-24-28)21(30)23-11-14-7-8-14)22(31)25-16-9-10-18-26-20(27-29(18)13-16)15-5-3-2-4-6-15/h2-6,9-10,12-14H,7-8,11H2,1H3,(H,23,30)(H,25,31). The first-order valence-corrected chi connectivity index (χ1v) is 10.1. The number of amides is 2. The predicted molar refractivity (Wildman–Crippen MR) is 115 cm³/mol. The maximum absolute atomic E-state index is 12.9. The Kier molecular flexibility index (Phi) is 4.70. The maximum atomic E-state index is 12.9. The molecule has 3 aromatic heterocycles. The third kappa shape index (κ3) is 3.89. The van der Waals surface area contributed by atoms with Gasteiger partial charge in [0, 0.05) is 19.2 Å². The fraction of sp³-hybridized carbons (Fsp3) is 0.227. The van der Waals surface area contributed by atoms with Crippen LogP contribution in [0.2, 0.25) is 0 Å². The second-order valence-electron chi connectivity index (χ2n) is 7.66. The van der Waals surface area contributed by atoms with E-state index in [1.54, 1.807) is 29.9 Å². The lowest BCUT2D eigenvalue weighted by Crippen LogP contribution is -2.28. The number of rotatable bonds is 6. The summed E-state index contributed by atoms with van der Waals surface area (Å²) in [5.41, 5.74) is 2.57. The van der Waals surface area contributed by atoms with Crippen molar-refractivity contribution in [3.63, 3.8) is 0 Å². The van der Waals surface area contributed by atoms with Gasteiger partial charge in [-0.2, -0.15) is 5.10 Å². The third-order valence-corrected chi connectivity index (χ3v) is 5.27. The number of carbonyl (C=O) groups is 2. The Hall–Kier alpha value is -4.01. The van der Waals surface area contributed by atoms with E-state index in [1.807, 2.05) is 30.3 Å². The lowest BCUT2D eigenvalue weighted by molar-refractivity contribution is 0.0937. The molecule has 0 saturated heterocycles. The summed E-state index contributed by atoms with van der Waals surface area (Å²) in [6, 6.07) is 13.2. The normalized spacial score (nSPS) is 13.3. The summed E-state index contributed by atoms with van der Waals surface area (Å²) >= 11 is 0. The van der Waals surface area contributed by atoms with Gasteiger partial charge in [-0.05, 0) is 30.9 Å². The van der Waals surface area contributed by atoms with Crippen molar-refractivity contribution < 1.29 is 9.59 Å². The fourth-order valence-electron chi connectivity index (χ4n) is 3.38. The van der Waals surface area contributed by atoms with Crippen LogP contribution in [0.3, 0.4) is 0 Å². The largest absolute Gasteiger partial charge is 0.352 e. The monoisotopic (exact) mass is 415 g/mol. The van der Waals surface area contributed by atoms with Gasteiger partial charge in [-0.15, -0.1) is 5.10 Å². The number of aryl methyl sites for hydroxylation is 1. The van der Waals surface area contributed by atoms with Crippen molar-refractivity contribution in [2.75, 3.05) is 11.9 Å². The second kappa shape index (κ2) is 7.67. The van der Waals surface area contributed by atoms with Crippen molar-refractivity contribution in [1.82, 2.24) is 29.7 Å². The summed E-state index contributed by atoms with van der Waals surface area (Å²) in [6.45, 7) is 0.626. The molecule has 0 bridgehead atoms. The van der Waals surface area contributed by atoms with E-state index in [9.17, 15) is 9.59 Å². The molecule has 1 aliphatic carbocycles. The van der Waals surface area contributed by atoms with E-state index >= 15 is 0 Å². The molecule has 2 amide bonds. The van der Waals surface area contributed by atoms with E-state index in [0.29, 0.717) is 29.6 Å². The molecule has 9 nitrogen and oxygen atoms in total. The minimum absolute atomic E-state index is 0.206. The number of fused-ring (bicyclic) bond motifs is 1. The van der Waals surface area contributed by atoms with Crippen molar-refractivity contribution >= 4 is 23.1 Å². The predicted octanol–water partition coefficient (Wildman–Crippen LogP) is 2.52. The number of carbonyl (C=O) groups excluding carboxylic acids is 2. The van der Waals surface area contributed by atoms with Crippen molar-refractivity contribution in [3.05, 3.63) is 66.1 Å². The highest BCUT2D eigenvalue weighted by molar-refractivity contribution is 6.11. The second-order valence-corrected chi connectivity index (χ2v) is 7.66. The molecule has 9 heteroatoms. The molecule has 31 heavy (non-hydrogen) atoms. The van der Waals surface area contributed by atoms with Crippen LogP contribution in [0.5, 0.6) is 0 Å². The summed E-state index contributed by atoms with van der Waals surface area (Å²) < 4.78 is 3.02. The number of pyridine rings is 1. The zero-order chi connectivity index (χ0) is 21.4. The van der Waals surface area contributed by atoms with Gasteiger partial charge >= 0.3 is 0 Å². The Morgan fingerprint density at radius 1 is 1.10 bits per heavy atom. The topological polar surface area (TPSA) is 106 Å². The van der Waals surface area contributed by atoms with E-state index in [1.165, 1.54) is 10.9 Å². The Morgan fingerprint density at radius 3 is 2.68 bits per heavy atom. The summed E-state index contributed by atoms with van der Waals surface area (Å²) in [5.74, 6) is 0.446. The maximum Gasteiger partial charge on any atom is 0.274 e. The molecule has 1 aromatic carbocycles. The van der Waals surface area contributed by atoms with Crippen LogP contribution < -0.4 is 10.6 Å². The average Bonchev–Trinajstić information content (AvgIpc) is 3.38. The number of nitrogens with zero attached hydrogens (tertiary/aromatic N) is 5. The van der Waals surface area contributed by atoms with Gasteiger partial charge in [0.05, 0.1) is 23.6 Å². The van der Waals surface area contributed by atoms with E-state index in [0.717, 1.165) is 18.4 Å². The van der Waals surface area contributed by atoms with Gasteiger partial charge < -0.3 is 10.6 Å². The number of hydrogen-bond acceptors (Lipinski definition) is 5. The molecule has 0 atom stereocenters. The van der Waals surface area contributed by atoms with E-state index in [4.69, 9.17) is 0 Å². The number of hydrogen-bond donors (Lipinski definition) is 2. The van der Waals surface area contributed by atoms with Crippen molar-refractivity contribution in [3.8, 4) is 11.4 Å². The van der Waals surface area contributed by atoms with Gasteiger partial charge in [-0.25, -0.2) is 9.50 Å². The molecule has 156 valence electrons. The smallest absolute Gasteiger partial charge is 0.274 e. The van der Waals surface area contributed by atoms with Gasteiger partial charge in [0.25, 0.3) is 11.8 Å². The summed E-state index contributed by atoms with van der Waals surface area (Å²) in [4.78, 5) is 30.0. The molecule has 0 unspecified atom stereocenters. The molecule has 0 spiro atoms. The van der Waals surface area contributed by atoms with Gasteiger partial charge in [0.2, 0.25) is 0 Å². The molecular formula is C22H21N7O2. The van der Waals surface area contributed by atoms with Crippen LogP contribution in [-0.4, -0.2) is 42.7 Å². The van der Waals surface area contributed by atoms with E-state index in [2.05, 4.69) is 25.8 Å². The highest BCUT2D eigenvalue weighted by atomic mass is 16.2. The summed E-state index contributed by atoms with van der Waals surface area (Å²) in [7, 11) is 1.64. The van der Waals surface area contributed by atoms with Gasteiger partial charge in [-0.1, -0.05) is 30.3 Å². The SMILES string of the molecule is Cn1ncc(C(=O)NCC2CC2)c1C(=O)Nc1ccc2nc(-c3ccccc3)nn2c1. The zero-order valence-electron chi connectivity index (χ0n) is 16.9. The summed E-state index contributed by atoms with van der Waals surface area (Å²) in [5, 5.41) is 14.3. The molecule has 1 fully saturated rings. The van der Waals surface area contributed by atoms with Crippen LogP contribution in [0.1, 0.15) is 33.7 Å². The number of benzene rings is 1. The molecule has 3 heterocycles. The Balaban J connectivity index is 1.36. The van der Waals surface area contributed by atoms with Crippen molar-refractivity contribution in [2.24, 2.45) is 13.0 Å². The van der Waals surface area contributed by atoms with E-state index in [-0.39, 0.29) is 17.2 Å². The number of nitrogens with one attached hydrogen (secondary N) is 2. The van der Waals surface area contributed by atoms with Crippen LogP contribution >= 0.6 is 0 Å².